The molecule has 0 aliphatic carbocycles. The van der Waals surface area contributed by atoms with Gasteiger partial charge in [-0.05, 0) is 13.3 Å². The molecule has 0 spiro atoms. The molecule has 1 unspecified atom stereocenters. The van der Waals surface area contributed by atoms with E-state index in [0.29, 0.717) is 6.42 Å². The Morgan fingerprint density at radius 3 is 2.33 bits per heavy atom. The van der Waals surface area contributed by atoms with Crippen molar-refractivity contribution >= 4 is 6.09 Å². The van der Waals surface area contributed by atoms with E-state index in [-0.39, 0.29) is 6.61 Å². The van der Waals surface area contributed by atoms with E-state index in [4.69, 9.17) is 5.11 Å². The van der Waals surface area contributed by atoms with Gasteiger partial charge in [-0.15, -0.1) is 0 Å². The fraction of sp³-hybridized carbons (Fsp3) is 0.875. The van der Waals surface area contributed by atoms with Crippen molar-refractivity contribution in [2.24, 2.45) is 0 Å². The number of halogens is 3. The molecule has 0 heterocycles. The largest absolute Gasteiger partial charge is 0.440 e. The van der Waals surface area contributed by atoms with Gasteiger partial charge < -0.3 is 15.2 Å². The number of amides is 1. The lowest BCUT2D eigenvalue weighted by molar-refractivity contribution is -0.160. The van der Waals surface area contributed by atoms with E-state index in [9.17, 15) is 18.0 Å². The van der Waals surface area contributed by atoms with Crippen molar-refractivity contribution in [1.29, 1.82) is 0 Å². The van der Waals surface area contributed by atoms with Gasteiger partial charge in [0.15, 0.2) is 6.61 Å². The van der Waals surface area contributed by atoms with Crippen LogP contribution in [-0.4, -0.2) is 36.1 Å². The minimum absolute atomic E-state index is 0.370. The number of nitrogens with one attached hydrogen (secondary N) is 1. The van der Waals surface area contributed by atoms with Gasteiger partial charge in [-0.3, -0.25) is 0 Å². The van der Waals surface area contributed by atoms with Gasteiger partial charge in [0, 0.05) is 0 Å². The lowest BCUT2D eigenvalue weighted by Gasteiger charge is -2.26. The van der Waals surface area contributed by atoms with Crippen LogP contribution in [0.4, 0.5) is 18.0 Å². The molecular formula is C8H14F3NO3. The number of carbonyl (C=O) groups excluding carboxylic acids is 1. The molecule has 2 N–H and O–H groups in total. The molecule has 15 heavy (non-hydrogen) atoms. The number of aliphatic hydroxyl groups excluding tert-OH is 1. The predicted molar refractivity (Wildman–Crippen MR) is 46.3 cm³/mol. The predicted octanol–water partition coefficient (Wildman–Crippen LogP) is 1.44. The van der Waals surface area contributed by atoms with Crippen LogP contribution in [0.15, 0.2) is 0 Å². The van der Waals surface area contributed by atoms with Crippen molar-refractivity contribution in [3.05, 3.63) is 0 Å². The summed E-state index contributed by atoms with van der Waals surface area (Å²) in [4.78, 5) is 10.9. The molecular weight excluding hydrogens is 215 g/mol. The summed E-state index contributed by atoms with van der Waals surface area (Å²) in [7, 11) is 0. The second-order valence-electron chi connectivity index (χ2n) is 3.39. The summed E-state index contributed by atoms with van der Waals surface area (Å²) >= 11 is 0. The zero-order valence-corrected chi connectivity index (χ0v) is 8.52. The van der Waals surface area contributed by atoms with E-state index >= 15 is 0 Å². The summed E-state index contributed by atoms with van der Waals surface area (Å²) in [6.45, 7) is 1.18. The second-order valence-corrected chi connectivity index (χ2v) is 3.39. The molecule has 0 radical (unpaired) electrons. The first kappa shape index (κ1) is 14.0. The number of aliphatic hydroxyl groups is 1. The maximum atomic E-state index is 11.7. The van der Waals surface area contributed by atoms with Gasteiger partial charge in [-0.25, -0.2) is 4.79 Å². The fourth-order valence-electron chi connectivity index (χ4n) is 0.670. The zero-order chi connectivity index (χ0) is 12.1. The number of alkyl carbamates (subject to hydrolysis) is 1. The number of hydrogen-bond donors (Lipinski definition) is 2. The van der Waals surface area contributed by atoms with Gasteiger partial charge in [-0.1, -0.05) is 6.92 Å². The zero-order valence-electron chi connectivity index (χ0n) is 8.52. The molecule has 0 aromatic rings. The molecule has 0 aliphatic heterocycles. The van der Waals surface area contributed by atoms with Crippen LogP contribution in [-0.2, 0) is 4.74 Å². The minimum atomic E-state index is -4.54. The van der Waals surface area contributed by atoms with E-state index in [2.05, 4.69) is 10.1 Å². The molecule has 0 saturated heterocycles. The SMILES string of the molecule is CCC(C)(CO)NC(=O)OCC(F)(F)F. The highest BCUT2D eigenvalue weighted by Gasteiger charge is 2.31. The third kappa shape index (κ3) is 6.16. The quantitative estimate of drug-likeness (QED) is 0.766. The Morgan fingerprint density at radius 2 is 2.00 bits per heavy atom. The summed E-state index contributed by atoms with van der Waals surface area (Å²) in [6.07, 6.45) is -5.35. The van der Waals surface area contributed by atoms with Crippen molar-refractivity contribution in [1.82, 2.24) is 5.32 Å². The molecule has 1 amide bonds. The van der Waals surface area contributed by atoms with Gasteiger partial charge in [-0.2, -0.15) is 13.2 Å². The van der Waals surface area contributed by atoms with Crippen molar-refractivity contribution in [2.45, 2.75) is 32.0 Å². The number of rotatable bonds is 4. The van der Waals surface area contributed by atoms with Crippen LogP contribution in [0.3, 0.4) is 0 Å². The molecule has 0 saturated carbocycles. The molecule has 0 aromatic heterocycles. The summed E-state index contributed by atoms with van der Waals surface area (Å²) < 4.78 is 38.9. The summed E-state index contributed by atoms with van der Waals surface area (Å²) in [5.41, 5.74) is -0.956. The molecule has 4 nitrogen and oxygen atoms in total. The highest BCUT2D eigenvalue weighted by atomic mass is 19.4. The van der Waals surface area contributed by atoms with Crippen LogP contribution in [0.5, 0.6) is 0 Å². The third-order valence-corrected chi connectivity index (χ3v) is 1.90. The molecule has 7 heteroatoms. The Morgan fingerprint density at radius 1 is 1.47 bits per heavy atom. The minimum Gasteiger partial charge on any atom is -0.440 e. The standard InChI is InChI=1S/C8H14F3NO3/c1-3-7(2,4-13)12-6(14)15-5-8(9,10)11/h13H,3-5H2,1-2H3,(H,12,14). The average molecular weight is 229 g/mol. The van der Waals surface area contributed by atoms with E-state index < -0.39 is 24.4 Å². The normalized spacial score (nSPS) is 15.6. The lowest BCUT2D eigenvalue weighted by Crippen LogP contribution is -2.49. The van der Waals surface area contributed by atoms with Crippen molar-refractivity contribution in [2.75, 3.05) is 13.2 Å². The number of carbonyl (C=O) groups is 1. The first-order chi connectivity index (χ1) is 6.72. The Labute approximate surface area is 85.4 Å². The second kappa shape index (κ2) is 5.20. The van der Waals surface area contributed by atoms with Crippen LogP contribution < -0.4 is 5.32 Å². The van der Waals surface area contributed by atoms with E-state index in [1.54, 1.807) is 6.92 Å². The van der Waals surface area contributed by atoms with Crippen LogP contribution in [0.2, 0.25) is 0 Å². The average Bonchev–Trinajstić information content (AvgIpc) is 2.13. The number of hydrogen-bond acceptors (Lipinski definition) is 3. The maximum absolute atomic E-state index is 11.7. The van der Waals surface area contributed by atoms with Gasteiger partial charge in [0.1, 0.15) is 0 Å². The molecule has 0 aliphatic rings. The molecule has 0 rings (SSSR count). The topological polar surface area (TPSA) is 58.6 Å². The Bertz CT molecular complexity index is 214. The molecule has 90 valence electrons. The first-order valence-electron chi connectivity index (χ1n) is 4.35. The summed E-state index contributed by atoms with van der Waals surface area (Å²) in [6, 6.07) is 0. The van der Waals surface area contributed by atoms with Gasteiger partial charge in [0.2, 0.25) is 0 Å². The maximum Gasteiger partial charge on any atom is 0.422 e. The smallest absolute Gasteiger partial charge is 0.422 e. The first-order valence-corrected chi connectivity index (χ1v) is 4.35. The monoisotopic (exact) mass is 229 g/mol. The molecule has 0 bridgehead atoms. The summed E-state index contributed by atoms with van der Waals surface area (Å²) in [5, 5.41) is 11.0. The van der Waals surface area contributed by atoms with Crippen molar-refractivity contribution in [3.63, 3.8) is 0 Å². The fourth-order valence-corrected chi connectivity index (χ4v) is 0.670. The van der Waals surface area contributed by atoms with Crippen LogP contribution in [0.25, 0.3) is 0 Å². The third-order valence-electron chi connectivity index (χ3n) is 1.90. The van der Waals surface area contributed by atoms with Crippen molar-refractivity contribution < 1.29 is 27.8 Å². The lowest BCUT2D eigenvalue weighted by atomic mass is 10.0. The number of alkyl halides is 3. The van der Waals surface area contributed by atoms with Crippen LogP contribution >= 0.6 is 0 Å². The molecule has 0 aromatic carbocycles. The highest BCUT2D eigenvalue weighted by molar-refractivity contribution is 5.68. The van der Waals surface area contributed by atoms with Gasteiger partial charge in [0.25, 0.3) is 0 Å². The Kier molecular flexibility index (Phi) is 4.86. The van der Waals surface area contributed by atoms with Crippen molar-refractivity contribution in [3.8, 4) is 0 Å². The molecule has 0 fully saturated rings. The Balaban J connectivity index is 4.04. The van der Waals surface area contributed by atoms with Crippen LogP contribution in [0, 0.1) is 0 Å². The van der Waals surface area contributed by atoms with Gasteiger partial charge >= 0.3 is 12.3 Å². The summed E-state index contributed by atoms with van der Waals surface area (Å²) in [5.74, 6) is 0. The van der Waals surface area contributed by atoms with E-state index in [1.807, 2.05) is 0 Å². The van der Waals surface area contributed by atoms with Crippen LogP contribution in [0.1, 0.15) is 20.3 Å². The highest BCUT2D eigenvalue weighted by Crippen LogP contribution is 2.15. The van der Waals surface area contributed by atoms with E-state index in [0.717, 1.165) is 0 Å². The number of ether oxygens (including phenoxy) is 1. The van der Waals surface area contributed by atoms with E-state index in [1.165, 1.54) is 6.92 Å². The van der Waals surface area contributed by atoms with Gasteiger partial charge in [0.05, 0.1) is 12.1 Å². The Hall–Kier alpha value is -0.980. The molecule has 1 atom stereocenters.